The van der Waals surface area contributed by atoms with Crippen molar-refractivity contribution < 1.29 is 19.4 Å². The zero-order valence-corrected chi connectivity index (χ0v) is 17.9. The average Bonchev–Trinajstić information content (AvgIpc) is 3.00. The van der Waals surface area contributed by atoms with Gasteiger partial charge in [0.05, 0.1) is 18.2 Å². The van der Waals surface area contributed by atoms with E-state index in [4.69, 9.17) is 9.73 Å². The fourth-order valence-corrected chi connectivity index (χ4v) is 5.28. The van der Waals surface area contributed by atoms with Gasteiger partial charge in [-0.15, -0.1) is 0 Å². The number of Topliss-reactive ketones (excluding diaryl/α,β-unsaturated/α-hetero) is 2. The molecule has 0 spiro atoms. The van der Waals surface area contributed by atoms with Crippen molar-refractivity contribution in [1.82, 2.24) is 0 Å². The normalized spacial score (nSPS) is 23.8. The van der Waals surface area contributed by atoms with Gasteiger partial charge in [-0.05, 0) is 36.5 Å². The Labute approximate surface area is 181 Å². The molecule has 2 aromatic rings. The van der Waals surface area contributed by atoms with Crippen LogP contribution in [0.5, 0.6) is 11.5 Å². The van der Waals surface area contributed by atoms with Gasteiger partial charge in [0.1, 0.15) is 5.78 Å². The molecule has 1 saturated carbocycles. The number of phenolic OH excluding ortho intramolecular Hbond substituents is 1. The largest absolute Gasteiger partial charge is 0.504 e. The van der Waals surface area contributed by atoms with Crippen molar-refractivity contribution in [1.29, 1.82) is 0 Å². The van der Waals surface area contributed by atoms with Crippen molar-refractivity contribution in [3.8, 4) is 11.5 Å². The highest BCUT2D eigenvalue weighted by Crippen LogP contribution is 2.52. The second-order valence-electron chi connectivity index (χ2n) is 9.34. The Hall–Kier alpha value is -3.21. The summed E-state index contributed by atoms with van der Waals surface area (Å²) < 4.78 is 5.60. The van der Waals surface area contributed by atoms with E-state index in [1.165, 1.54) is 0 Å². The van der Waals surface area contributed by atoms with Crippen LogP contribution in [0.2, 0.25) is 0 Å². The first-order chi connectivity index (χ1) is 14.8. The van der Waals surface area contributed by atoms with E-state index in [-0.39, 0.29) is 22.7 Å². The van der Waals surface area contributed by atoms with Crippen LogP contribution in [0.15, 0.2) is 53.0 Å². The lowest BCUT2D eigenvalue weighted by Crippen LogP contribution is -2.43. The Morgan fingerprint density at radius 1 is 1.06 bits per heavy atom. The molecular weight excluding hydrogens is 390 g/mol. The smallest absolute Gasteiger partial charge is 0.192 e. The lowest BCUT2D eigenvalue weighted by molar-refractivity contribution is -0.124. The van der Waals surface area contributed by atoms with E-state index >= 15 is 0 Å². The van der Waals surface area contributed by atoms with Gasteiger partial charge in [-0.3, -0.25) is 14.6 Å². The maximum Gasteiger partial charge on any atom is 0.192 e. The highest BCUT2D eigenvalue weighted by molar-refractivity contribution is 6.25. The summed E-state index contributed by atoms with van der Waals surface area (Å²) in [6, 6.07) is 12.6. The first-order valence-electron chi connectivity index (χ1n) is 10.7. The van der Waals surface area contributed by atoms with E-state index in [2.05, 4.69) is 13.8 Å². The van der Waals surface area contributed by atoms with E-state index in [9.17, 15) is 14.7 Å². The van der Waals surface area contributed by atoms with E-state index in [0.29, 0.717) is 42.0 Å². The van der Waals surface area contributed by atoms with Gasteiger partial charge in [0.15, 0.2) is 17.3 Å². The van der Waals surface area contributed by atoms with Crippen LogP contribution in [-0.4, -0.2) is 29.0 Å². The molecule has 0 radical (unpaired) electrons. The minimum Gasteiger partial charge on any atom is -0.504 e. The number of fused-ring (bicyclic) bond motifs is 3. The number of carbonyl (C=O) groups is 2. The molecule has 5 heteroatoms. The third-order valence-corrected chi connectivity index (χ3v) is 6.49. The van der Waals surface area contributed by atoms with Crippen LogP contribution in [0.3, 0.4) is 0 Å². The molecule has 0 bridgehead atoms. The number of hydrogen-bond acceptors (Lipinski definition) is 5. The number of hydrogen-bond donors (Lipinski definition) is 1. The van der Waals surface area contributed by atoms with Crippen LogP contribution in [0.1, 0.15) is 61.0 Å². The third kappa shape index (κ3) is 3.02. The van der Waals surface area contributed by atoms with E-state index < -0.39 is 11.8 Å². The van der Waals surface area contributed by atoms with Crippen LogP contribution in [0.25, 0.3) is 5.70 Å². The molecule has 1 aliphatic heterocycles. The fraction of sp³-hybridized carbons (Fsp3) is 0.346. The summed E-state index contributed by atoms with van der Waals surface area (Å²) in [7, 11) is 0. The molecule has 5 nitrogen and oxygen atoms in total. The molecule has 1 unspecified atom stereocenters. The zero-order chi connectivity index (χ0) is 21.9. The predicted octanol–water partition coefficient (Wildman–Crippen LogP) is 4.94. The van der Waals surface area contributed by atoms with Crippen molar-refractivity contribution in [2.24, 2.45) is 16.3 Å². The zero-order valence-electron chi connectivity index (χ0n) is 17.9. The maximum absolute atomic E-state index is 13.5. The molecule has 5 rings (SSSR count). The number of carbonyl (C=O) groups excluding carboxylic acids is 2. The fourth-order valence-electron chi connectivity index (χ4n) is 5.28. The number of phenols is 1. The summed E-state index contributed by atoms with van der Waals surface area (Å²) >= 11 is 0. The number of benzene rings is 2. The molecule has 2 aliphatic carbocycles. The topological polar surface area (TPSA) is 76.0 Å². The minimum atomic E-state index is -0.468. The molecule has 2 aromatic carbocycles. The predicted molar refractivity (Wildman–Crippen MR) is 119 cm³/mol. The van der Waals surface area contributed by atoms with Crippen molar-refractivity contribution in [2.45, 2.75) is 39.5 Å². The van der Waals surface area contributed by atoms with Crippen LogP contribution in [0.4, 0.5) is 0 Å². The van der Waals surface area contributed by atoms with E-state index in [0.717, 1.165) is 16.8 Å². The maximum atomic E-state index is 13.5. The average molecular weight is 415 g/mol. The van der Waals surface area contributed by atoms with Gasteiger partial charge in [0.25, 0.3) is 0 Å². The molecule has 3 aliphatic rings. The summed E-state index contributed by atoms with van der Waals surface area (Å²) in [4.78, 5) is 31.8. The summed E-state index contributed by atoms with van der Waals surface area (Å²) in [6.07, 6.45) is 1.16. The summed E-state index contributed by atoms with van der Waals surface area (Å²) in [5, 5.41) is 10.2. The molecule has 1 fully saturated rings. The number of ketones is 2. The van der Waals surface area contributed by atoms with Crippen LogP contribution >= 0.6 is 0 Å². The number of allylic oxidation sites excluding steroid dienone is 1. The molecule has 1 heterocycles. The van der Waals surface area contributed by atoms with Crippen LogP contribution < -0.4 is 4.74 Å². The standard InChI is InChI=1S/C26H25NO4/c1-4-31-20-11-14(9-10-18(20)28)21-22-17(12-26(2,3)13-19(22)29)27-24-15-7-5-6-8-16(15)25(30)23(21)24/h5-11,21-22,28H,4,12-13H2,1-3H3/t21-,22?/m1/s1. The van der Waals surface area contributed by atoms with Gasteiger partial charge < -0.3 is 9.84 Å². The molecule has 31 heavy (non-hydrogen) atoms. The van der Waals surface area contributed by atoms with Gasteiger partial charge in [0, 0.05) is 34.8 Å². The molecule has 158 valence electrons. The number of aliphatic imine (C=N–C) groups is 1. The van der Waals surface area contributed by atoms with Crippen molar-refractivity contribution in [3.63, 3.8) is 0 Å². The van der Waals surface area contributed by atoms with Crippen LogP contribution in [-0.2, 0) is 4.79 Å². The number of nitrogens with zero attached hydrogens (tertiary/aromatic N) is 1. The minimum absolute atomic E-state index is 0.0432. The third-order valence-electron chi connectivity index (χ3n) is 6.49. The second-order valence-corrected chi connectivity index (χ2v) is 9.34. The Kier molecular flexibility index (Phi) is 4.40. The molecular formula is C26H25NO4. The summed E-state index contributed by atoms with van der Waals surface area (Å²) in [5.74, 6) is -0.460. The quantitative estimate of drug-likeness (QED) is 0.770. The van der Waals surface area contributed by atoms with Crippen molar-refractivity contribution >= 4 is 23.0 Å². The van der Waals surface area contributed by atoms with Gasteiger partial charge in [-0.1, -0.05) is 44.2 Å². The molecule has 0 aromatic heterocycles. The van der Waals surface area contributed by atoms with E-state index in [1.54, 1.807) is 18.2 Å². The monoisotopic (exact) mass is 415 g/mol. The van der Waals surface area contributed by atoms with E-state index in [1.807, 2.05) is 31.2 Å². The Morgan fingerprint density at radius 3 is 2.55 bits per heavy atom. The first-order valence-corrected chi connectivity index (χ1v) is 10.7. The molecule has 2 atom stereocenters. The number of ether oxygens (including phenoxy) is 1. The Morgan fingerprint density at radius 2 is 1.81 bits per heavy atom. The van der Waals surface area contributed by atoms with Gasteiger partial charge >= 0.3 is 0 Å². The molecule has 0 saturated heterocycles. The van der Waals surface area contributed by atoms with Crippen LogP contribution in [0, 0.1) is 11.3 Å². The highest BCUT2D eigenvalue weighted by Gasteiger charge is 2.50. The Balaban J connectivity index is 1.73. The summed E-state index contributed by atoms with van der Waals surface area (Å²) in [5.41, 5.74) is 4.21. The van der Waals surface area contributed by atoms with Crippen molar-refractivity contribution in [3.05, 3.63) is 64.7 Å². The van der Waals surface area contributed by atoms with Gasteiger partial charge in [-0.25, -0.2) is 0 Å². The molecule has 0 amide bonds. The summed E-state index contributed by atoms with van der Waals surface area (Å²) in [6.45, 7) is 6.43. The Bertz CT molecular complexity index is 1190. The van der Waals surface area contributed by atoms with Gasteiger partial charge in [0.2, 0.25) is 0 Å². The number of rotatable bonds is 3. The lowest BCUT2D eigenvalue weighted by atomic mass is 9.63. The first kappa shape index (κ1) is 19.7. The molecule has 1 N–H and O–H groups in total. The van der Waals surface area contributed by atoms with Gasteiger partial charge in [-0.2, -0.15) is 0 Å². The second kappa shape index (κ2) is 6.91. The van der Waals surface area contributed by atoms with Crippen molar-refractivity contribution in [2.75, 3.05) is 6.61 Å². The SMILES string of the molecule is CCOc1cc([C@H]2C3=C(N=C4CC(C)(C)CC(=O)C42)c2ccccc2C3=O)ccc1O. The lowest BCUT2D eigenvalue weighted by Gasteiger charge is -2.40. The number of aromatic hydroxyl groups is 1. The highest BCUT2D eigenvalue weighted by atomic mass is 16.5.